The fourth-order valence-corrected chi connectivity index (χ4v) is 4.24. The van der Waals surface area contributed by atoms with E-state index in [9.17, 15) is 9.18 Å². The molecule has 3 aromatic rings. The Morgan fingerprint density at radius 2 is 1.80 bits per heavy atom. The van der Waals surface area contributed by atoms with Crippen LogP contribution in [0.15, 0.2) is 48.8 Å². The Balaban J connectivity index is 1.61. The summed E-state index contributed by atoms with van der Waals surface area (Å²) in [7, 11) is 4.23. The molecule has 0 saturated carbocycles. The quantitative estimate of drug-likeness (QED) is 0.427. The molecule has 184 valence electrons. The number of rotatable bonds is 8. The number of anilines is 4. The molecular formula is C27H33FN6O. The molecule has 4 rings (SSSR count). The SMILES string of the molecule is CCNC(=O)c1cnc(Nc2ccc3c(c2)CC(N(C)C)C3)cc1Nc1ccnc(C(C)(C)F)c1. The first kappa shape index (κ1) is 24.6. The summed E-state index contributed by atoms with van der Waals surface area (Å²) in [5.41, 5.74) is 3.99. The lowest BCUT2D eigenvalue weighted by Crippen LogP contribution is -2.27. The van der Waals surface area contributed by atoms with E-state index in [1.165, 1.54) is 25.0 Å². The summed E-state index contributed by atoms with van der Waals surface area (Å²) in [6.45, 7) is 5.29. The van der Waals surface area contributed by atoms with Gasteiger partial charge in [0.2, 0.25) is 0 Å². The number of likely N-dealkylation sites (N-methyl/N-ethyl adjacent to an activating group) is 1. The van der Waals surface area contributed by atoms with Gasteiger partial charge in [0, 0.05) is 42.4 Å². The highest BCUT2D eigenvalue weighted by atomic mass is 19.1. The normalized spacial score (nSPS) is 15.1. The minimum absolute atomic E-state index is 0.235. The van der Waals surface area contributed by atoms with Crippen molar-refractivity contribution in [2.24, 2.45) is 0 Å². The van der Waals surface area contributed by atoms with Crippen molar-refractivity contribution in [1.82, 2.24) is 20.2 Å². The number of amides is 1. The van der Waals surface area contributed by atoms with Crippen molar-refractivity contribution < 1.29 is 9.18 Å². The molecule has 1 aromatic carbocycles. The van der Waals surface area contributed by atoms with Gasteiger partial charge >= 0.3 is 0 Å². The Labute approximate surface area is 206 Å². The standard InChI is InChI=1S/C27H33FN6O/c1-6-29-26(35)22-16-31-25(15-23(22)32-20-9-10-30-24(14-20)27(2,3)28)33-19-8-7-17-12-21(34(4)5)13-18(17)11-19/h7-11,14-16,21H,6,12-13H2,1-5H3,(H,29,35)(H2,30,31,32,33). The number of benzene rings is 1. The number of carbonyl (C=O) groups excluding carboxylic acids is 1. The molecule has 1 amide bonds. The summed E-state index contributed by atoms with van der Waals surface area (Å²) in [5.74, 6) is 0.365. The molecule has 7 nitrogen and oxygen atoms in total. The number of nitrogens with zero attached hydrogens (tertiary/aromatic N) is 3. The number of hydrogen-bond donors (Lipinski definition) is 3. The van der Waals surface area contributed by atoms with Crippen LogP contribution in [-0.4, -0.2) is 47.5 Å². The smallest absolute Gasteiger partial charge is 0.254 e. The fourth-order valence-electron chi connectivity index (χ4n) is 4.24. The lowest BCUT2D eigenvalue weighted by Gasteiger charge is -2.17. The number of alkyl halides is 1. The van der Waals surface area contributed by atoms with Gasteiger partial charge in [-0.15, -0.1) is 0 Å². The topological polar surface area (TPSA) is 82.2 Å². The zero-order valence-corrected chi connectivity index (χ0v) is 20.9. The van der Waals surface area contributed by atoms with Gasteiger partial charge in [-0.05, 0) is 83.1 Å². The molecule has 0 fully saturated rings. The number of fused-ring (bicyclic) bond motifs is 1. The molecule has 35 heavy (non-hydrogen) atoms. The summed E-state index contributed by atoms with van der Waals surface area (Å²) >= 11 is 0. The highest BCUT2D eigenvalue weighted by Crippen LogP contribution is 2.31. The molecule has 8 heteroatoms. The third kappa shape index (κ3) is 5.77. The Hall–Kier alpha value is -3.52. The van der Waals surface area contributed by atoms with Crippen molar-refractivity contribution in [3.8, 4) is 0 Å². The summed E-state index contributed by atoms with van der Waals surface area (Å²) in [6, 6.07) is 12.1. The van der Waals surface area contributed by atoms with E-state index in [2.05, 4.69) is 63.1 Å². The second-order valence-electron chi connectivity index (χ2n) is 9.64. The van der Waals surface area contributed by atoms with Crippen LogP contribution >= 0.6 is 0 Å². The van der Waals surface area contributed by atoms with Gasteiger partial charge in [-0.2, -0.15) is 0 Å². The first-order chi connectivity index (χ1) is 16.6. The van der Waals surface area contributed by atoms with Gasteiger partial charge in [0.1, 0.15) is 11.5 Å². The Morgan fingerprint density at radius 1 is 1.06 bits per heavy atom. The summed E-state index contributed by atoms with van der Waals surface area (Å²) in [5, 5.41) is 9.44. The van der Waals surface area contributed by atoms with Gasteiger partial charge in [-0.3, -0.25) is 9.78 Å². The number of halogens is 1. The van der Waals surface area contributed by atoms with Gasteiger partial charge in [0.15, 0.2) is 0 Å². The Bertz CT molecular complexity index is 1220. The summed E-state index contributed by atoms with van der Waals surface area (Å²) in [4.78, 5) is 23.6. The van der Waals surface area contributed by atoms with Crippen LogP contribution in [0.1, 0.15) is 48.0 Å². The number of pyridine rings is 2. The molecule has 2 aromatic heterocycles. The van der Waals surface area contributed by atoms with Crippen molar-refractivity contribution in [3.63, 3.8) is 0 Å². The highest BCUT2D eigenvalue weighted by Gasteiger charge is 2.23. The maximum absolute atomic E-state index is 14.4. The first-order valence-electron chi connectivity index (χ1n) is 11.9. The van der Waals surface area contributed by atoms with Gasteiger partial charge in [-0.1, -0.05) is 6.07 Å². The average molecular weight is 477 g/mol. The third-order valence-electron chi connectivity index (χ3n) is 6.25. The maximum atomic E-state index is 14.4. The lowest BCUT2D eigenvalue weighted by atomic mass is 10.1. The van der Waals surface area contributed by atoms with E-state index in [-0.39, 0.29) is 5.91 Å². The number of carbonyl (C=O) groups is 1. The van der Waals surface area contributed by atoms with Crippen LogP contribution < -0.4 is 16.0 Å². The second-order valence-corrected chi connectivity index (χ2v) is 9.64. The van der Waals surface area contributed by atoms with Crippen molar-refractivity contribution in [1.29, 1.82) is 0 Å². The van der Waals surface area contributed by atoms with E-state index < -0.39 is 5.67 Å². The van der Waals surface area contributed by atoms with Crippen LogP contribution in [0.5, 0.6) is 0 Å². The molecule has 3 N–H and O–H groups in total. The average Bonchev–Trinajstić information content (AvgIpc) is 3.23. The lowest BCUT2D eigenvalue weighted by molar-refractivity contribution is 0.0956. The minimum atomic E-state index is -1.58. The van der Waals surface area contributed by atoms with E-state index in [0.717, 1.165) is 18.5 Å². The molecule has 1 aliphatic carbocycles. The molecule has 0 radical (unpaired) electrons. The van der Waals surface area contributed by atoms with Crippen LogP contribution in [0.3, 0.4) is 0 Å². The van der Waals surface area contributed by atoms with Crippen LogP contribution in [-0.2, 0) is 18.5 Å². The van der Waals surface area contributed by atoms with E-state index in [1.807, 2.05) is 6.92 Å². The molecule has 0 saturated heterocycles. The summed E-state index contributed by atoms with van der Waals surface area (Å²) < 4.78 is 14.4. The predicted octanol–water partition coefficient (Wildman–Crippen LogP) is 4.95. The molecule has 0 aliphatic heterocycles. The summed E-state index contributed by atoms with van der Waals surface area (Å²) in [6.07, 6.45) is 5.17. The molecule has 0 bridgehead atoms. The molecular weight excluding hydrogens is 443 g/mol. The number of nitrogens with one attached hydrogen (secondary N) is 3. The zero-order chi connectivity index (χ0) is 25.2. The van der Waals surface area contributed by atoms with Gasteiger partial charge in [0.05, 0.1) is 16.9 Å². The molecule has 2 heterocycles. The third-order valence-corrected chi connectivity index (χ3v) is 6.25. The minimum Gasteiger partial charge on any atom is -0.355 e. The molecule has 1 atom stereocenters. The molecule has 1 unspecified atom stereocenters. The predicted molar refractivity (Wildman–Crippen MR) is 139 cm³/mol. The van der Waals surface area contributed by atoms with E-state index >= 15 is 0 Å². The fraction of sp³-hybridized carbons (Fsp3) is 0.370. The highest BCUT2D eigenvalue weighted by molar-refractivity contribution is 6.00. The Morgan fingerprint density at radius 3 is 2.51 bits per heavy atom. The maximum Gasteiger partial charge on any atom is 0.254 e. The van der Waals surface area contributed by atoms with Crippen molar-refractivity contribution in [2.45, 2.75) is 45.3 Å². The van der Waals surface area contributed by atoms with Crippen LogP contribution in [0.2, 0.25) is 0 Å². The van der Waals surface area contributed by atoms with E-state index in [4.69, 9.17) is 0 Å². The largest absolute Gasteiger partial charge is 0.355 e. The van der Waals surface area contributed by atoms with Gasteiger partial charge in [-0.25, -0.2) is 9.37 Å². The molecule has 0 spiro atoms. The number of aromatic nitrogens is 2. The molecule has 1 aliphatic rings. The van der Waals surface area contributed by atoms with Crippen molar-refractivity contribution in [2.75, 3.05) is 31.3 Å². The van der Waals surface area contributed by atoms with E-state index in [1.54, 1.807) is 30.6 Å². The van der Waals surface area contributed by atoms with Gasteiger partial charge < -0.3 is 20.9 Å². The van der Waals surface area contributed by atoms with Crippen molar-refractivity contribution >= 4 is 28.8 Å². The number of hydrogen-bond acceptors (Lipinski definition) is 6. The van der Waals surface area contributed by atoms with Crippen LogP contribution in [0.4, 0.5) is 27.3 Å². The second kappa shape index (κ2) is 10.00. The van der Waals surface area contributed by atoms with Crippen molar-refractivity contribution in [3.05, 3.63) is 71.2 Å². The first-order valence-corrected chi connectivity index (χ1v) is 11.9. The van der Waals surface area contributed by atoms with Crippen LogP contribution in [0.25, 0.3) is 0 Å². The zero-order valence-electron chi connectivity index (χ0n) is 20.9. The van der Waals surface area contributed by atoms with Gasteiger partial charge in [0.25, 0.3) is 5.91 Å². The Kier molecular flexibility index (Phi) is 7.03. The van der Waals surface area contributed by atoms with E-state index in [0.29, 0.717) is 41.0 Å². The van der Waals surface area contributed by atoms with Crippen LogP contribution in [0, 0.1) is 0 Å². The monoisotopic (exact) mass is 476 g/mol.